The van der Waals surface area contributed by atoms with Crippen molar-refractivity contribution in [2.75, 3.05) is 25.5 Å². The molecule has 1 heterocycles. The molecule has 0 spiro atoms. The first-order chi connectivity index (χ1) is 10.5. The van der Waals surface area contributed by atoms with Crippen LogP contribution in [0.15, 0.2) is 24.3 Å². The van der Waals surface area contributed by atoms with Crippen LogP contribution in [0.4, 0.5) is 5.69 Å². The van der Waals surface area contributed by atoms with E-state index >= 15 is 0 Å². The Bertz CT molecular complexity index is 522. The van der Waals surface area contributed by atoms with Gasteiger partial charge in [-0.15, -0.1) is 0 Å². The van der Waals surface area contributed by atoms with Gasteiger partial charge in [-0.2, -0.15) is 0 Å². The number of ether oxygens (including phenoxy) is 1. The number of carbonyl (C=O) groups excluding carboxylic acids is 2. The van der Waals surface area contributed by atoms with E-state index in [0.29, 0.717) is 13.1 Å². The van der Waals surface area contributed by atoms with Crippen molar-refractivity contribution >= 4 is 17.5 Å². The van der Waals surface area contributed by atoms with Crippen LogP contribution in [0.3, 0.4) is 0 Å². The van der Waals surface area contributed by atoms with Gasteiger partial charge in [0.05, 0.1) is 13.2 Å². The van der Waals surface area contributed by atoms with Crippen LogP contribution in [-0.2, 0) is 9.59 Å². The van der Waals surface area contributed by atoms with Crippen LogP contribution in [-0.4, -0.2) is 43.0 Å². The molecule has 1 aliphatic rings. The fraction of sp³-hybridized carbons (Fsp3) is 0.500. The van der Waals surface area contributed by atoms with E-state index in [2.05, 4.69) is 10.2 Å². The van der Waals surface area contributed by atoms with Crippen molar-refractivity contribution in [2.24, 2.45) is 11.7 Å². The van der Waals surface area contributed by atoms with Gasteiger partial charge in [0.2, 0.25) is 11.8 Å². The highest BCUT2D eigenvalue weighted by Gasteiger charge is 2.28. The molecule has 0 radical (unpaired) electrons. The number of nitrogens with zero attached hydrogens (tertiary/aromatic N) is 1. The third kappa shape index (κ3) is 3.98. The van der Waals surface area contributed by atoms with Crippen LogP contribution < -0.4 is 15.8 Å². The molecular formula is C16H23N3O3. The molecular weight excluding hydrogens is 282 g/mol. The Balaban J connectivity index is 1.88. The van der Waals surface area contributed by atoms with E-state index in [0.717, 1.165) is 24.3 Å². The molecule has 1 atom stereocenters. The summed E-state index contributed by atoms with van der Waals surface area (Å²) in [5.74, 6) is 0.394. The molecule has 0 unspecified atom stereocenters. The molecule has 2 amide bonds. The van der Waals surface area contributed by atoms with Crippen LogP contribution in [0, 0.1) is 5.92 Å². The monoisotopic (exact) mass is 305 g/mol. The average molecular weight is 305 g/mol. The molecule has 0 aromatic heterocycles. The summed E-state index contributed by atoms with van der Waals surface area (Å²) < 4.78 is 5.09. The number of benzene rings is 1. The zero-order valence-corrected chi connectivity index (χ0v) is 13.0. The highest BCUT2D eigenvalue weighted by atomic mass is 16.5. The fourth-order valence-corrected chi connectivity index (χ4v) is 2.66. The highest BCUT2D eigenvalue weighted by molar-refractivity contribution is 5.94. The maximum absolute atomic E-state index is 12.3. The smallest absolute Gasteiger partial charge is 0.241 e. The third-order valence-electron chi connectivity index (χ3n) is 4.22. The van der Waals surface area contributed by atoms with E-state index in [1.807, 2.05) is 19.1 Å². The van der Waals surface area contributed by atoms with E-state index in [9.17, 15) is 9.59 Å². The highest BCUT2D eigenvalue weighted by Crippen LogP contribution is 2.20. The fourth-order valence-electron chi connectivity index (χ4n) is 2.66. The average Bonchev–Trinajstić information content (AvgIpc) is 2.55. The van der Waals surface area contributed by atoms with Crippen LogP contribution >= 0.6 is 0 Å². The lowest BCUT2D eigenvalue weighted by Gasteiger charge is -2.34. The molecule has 0 bridgehead atoms. The summed E-state index contributed by atoms with van der Waals surface area (Å²) in [5.41, 5.74) is 6.07. The number of rotatable bonds is 5. The number of primary amides is 1. The maximum atomic E-state index is 12.3. The summed E-state index contributed by atoms with van der Waals surface area (Å²) in [4.78, 5) is 25.6. The quantitative estimate of drug-likeness (QED) is 0.856. The second-order valence-electron chi connectivity index (χ2n) is 5.61. The number of hydrogen-bond acceptors (Lipinski definition) is 4. The minimum absolute atomic E-state index is 0.0531. The number of nitrogens with one attached hydrogen (secondary N) is 1. The number of amides is 2. The molecule has 1 fully saturated rings. The van der Waals surface area contributed by atoms with Crippen molar-refractivity contribution in [3.8, 4) is 5.75 Å². The number of methoxy groups -OCH3 is 1. The van der Waals surface area contributed by atoms with Crippen molar-refractivity contribution in [1.29, 1.82) is 0 Å². The lowest BCUT2D eigenvalue weighted by atomic mass is 9.95. The van der Waals surface area contributed by atoms with Crippen molar-refractivity contribution in [3.05, 3.63) is 24.3 Å². The van der Waals surface area contributed by atoms with Gasteiger partial charge in [-0.3, -0.25) is 14.5 Å². The van der Waals surface area contributed by atoms with Gasteiger partial charge in [0.25, 0.3) is 0 Å². The second-order valence-corrected chi connectivity index (χ2v) is 5.61. The van der Waals surface area contributed by atoms with Gasteiger partial charge >= 0.3 is 0 Å². The number of carbonyl (C=O) groups is 2. The molecule has 6 nitrogen and oxygen atoms in total. The lowest BCUT2D eigenvalue weighted by Crippen LogP contribution is -2.47. The molecule has 22 heavy (non-hydrogen) atoms. The molecule has 2 rings (SSSR count). The number of piperidine rings is 1. The SMILES string of the molecule is COc1ccc(NC(=O)[C@@H](C)N2CCC(C(N)=O)CC2)cc1. The van der Waals surface area contributed by atoms with Gasteiger partial charge < -0.3 is 15.8 Å². The van der Waals surface area contributed by atoms with E-state index < -0.39 is 0 Å². The van der Waals surface area contributed by atoms with Gasteiger partial charge in [-0.1, -0.05) is 0 Å². The standard InChI is InChI=1S/C16H23N3O3/c1-11(19-9-7-12(8-10-19)15(17)20)16(21)18-13-3-5-14(22-2)6-4-13/h3-6,11-12H,7-10H2,1-2H3,(H2,17,20)(H,18,21)/t11-/m1/s1. The Morgan fingerprint density at radius 3 is 2.36 bits per heavy atom. The predicted molar refractivity (Wildman–Crippen MR) is 84.6 cm³/mol. The van der Waals surface area contributed by atoms with Crippen molar-refractivity contribution in [2.45, 2.75) is 25.8 Å². The van der Waals surface area contributed by atoms with Gasteiger partial charge in [-0.05, 0) is 57.1 Å². The summed E-state index contributed by atoms with van der Waals surface area (Å²) in [6, 6.07) is 6.99. The number of likely N-dealkylation sites (tertiary alicyclic amines) is 1. The Hall–Kier alpha value is -2.08. The minimum Gasteiger partial charge on any atom is -0.497 e. The zero-order valence-electron chi connectivity index (χ0n) is 13.0. The largest absolute Gasteiger partial charge is 0.497 e. The molecule has 1 saturated heterocycles. The summed E-state index contributed by atoms with van der Waals surface area (Å²) in [5, 5.41) is 2.90. The Morgan fingerprint density at radius 2 is 1.86 bits per heavy atom. The summed E-state index contributed by atoms with van der Waals surface area (Å²) in [6.07, 6.45) is 1.44. The Morgan fingerprint density at radius 1 is 1.27 bits per heavy atom. The summed E-state index contributed by atoms with van der Waals surface area (Å²) in [6.45, 7) is 3.30. The van der Waals surface area contributed by atoms with E-state index in [1.165, 1.54) is 0 Å². The van der Waals surface area contributed by atoms with E-state index in [4.69, 9.17) is 10.5 Å². The minimum atomic E-state index is -0.241. The number of hydrogen-bond donors (Lipinski definition) is 2. The van der Waals surface area contributed by atoms with Crippen LogP contribution in [0.1, 0.15) is 19.8 Å². The van der Waals surface area contributed by atoms with Gasteiger partial charge in [-0.25, -0.2) is 0 Å². The van der Waals surface area contributed by atoms with Crippen LogP contribution in [0.5, 0.6) is 5.75 Å². The number of nitrogens with two attached hydrogens (primary N) is 1. The van der Waals surface area contributed by atoms with E-state index in [1.54, 1.807) is 19.2 Å². The molecule has 1 aliphatic heterocycles. The molecule has 0 aliphatic carbocycles. The zero-order chi connectivity index (χ0) is 16.1. The van der Waals surface area contributed by atoms with Gasteiger partial charge in [0.1, 0.15) is 5.75 Å². The number of anilines is 1. The second kappa shape index (κ2) is 7.26. The molecule has 0 saturated carbocycles. The predicted octanol–water partition coefficient (Wildman–Crippen LogP) is 1.22. The lowest BCUT2D eigenvalue weighted by molar-refractivity contribution is -0.124. The molecule has 3 N–H and O–H groups in total. The maximum Gasteiger partial charge on any atom is 0.241 e. The van der Waals surface area contributed by atoms with Gasteiger partial charge in [0.15, 0.2) is 0 Å². The van der Waals surface area contributed by atoms with E-state index in [-0.39, 0.29) is 23.8 Å². The first kappa shape index (κ1) is 16.3. The van der Waals surface area contributed by atoms with Crippen LogP contribution in [0.2, 0.25) is 0 Å². The van der Waals surface area contributed by atoms with Crippen molar-refractivity contribution in [1.82, 2.24) is 4.90 Å². The molecule has 1 aromatic rings. The third-order valence-corrected chi connectivity index (χ3v) is 4.22. The summed E-state index contributed by atoms with van der Waals surface area (Å²) >= 11 is 0. The molecule has 120 valence electrons. The van der Waals surface area contributed by atoms with Gasteiger partial charge in [0, 0.05) is 11.6 Å². The molecule has 6 heteroatoms. The molecule has 1 aromatic carbocycles. The topological polar surface area (TPSA) is 84.7 Å². The first-order valence-corrected chi connectivity index (χ1v) is 7.49. The summed E-state index contributed by atoms with van der Waals surface area (Å²) in [7, 11) is 1.60. The van der Waals surface area contributed by atoms with Crippen molar-refractivity contribution in [3.63, 3.8) is 0 Å². The first-order valence-electron chi connectivity index (χ1n) is 7.49. The Labute approximate surface area is 130 Å². The van der Waals surface area contributed by atoms with Crippen molar-refractivity contribution < 1.29 is 14.3 Å². The normalized spacial score (nSPS) is 17.7. The van der Waals surface area contributed by atoms with Crippen LogP contribution in [0.25, 0.3) is 0 Å². The Kier molecular flexibility index (Phi) is 5.38.